The molecule has 1 saturated heterocycles. The summed E-state index contributed by atoms with van der Waals surface area (Å²) in [4.78, 5) is 2.49. The van der Waals surface area contributed by atoms with Crippen LogP contribution in [-0.4, -0.2) is 24.3 Å². The van der Waals surface area contributed by atoms with E-state index in [4.69, 9.17) is 17.0 Å². The number of rotatable bonds is 6. The third-order valence-corrected chi connectivity index (χ3v) is 5.57. The van der Waals surface area contributed by atoms with E-state index in [1.807, 2.05) is 38.1 Å². The lowest BCUT2D eigenvalue weighted by atomic mass is 9.98. The number of thiocarbonyl (C=S) groups is 1. The molecule has 0 aromatic heterocycles. The molecule has 2 N–H and O–H groups in total. The number of piperidine rings is 1. The summed E-state index contributed by atoms with van der Waals surface area (Å²) in [6, 6.07) is 16.9. The van der Waals surface area contributed by atoms with E-state index in [1.54, 1.807) is 0 Å². The summed E-state index contributed by atoms with van der Waals surface area (Å²) in [6.45, 7) is 10.8. The topological polar surface area (TPSA) is 36.5 Å². The third kappa shape index (κ3) is 6.36. The van der Waals surface area contributed by atoms with Gasteiger partial charge in [-0.05, 0) is 81.6 Å². The van der Waals surface area contributed by atoms with Gasteiger partial charge in [0.2, 0.25) is 0 Å². The summed E-state index contributed by atoms with van der Waals surface area (Å²) < 4.78 is 5.75. The molecule has 0 spiro atoms. The maximum atomic E-state index is 5.75. The Morgan fingerprint density at radius 2 is 1.76 bits per heavy atom. The van der Waals surface area contributed by atoms with E-state index in [2.05, 4.69) is 53.6 Å². The highest BCUT2D eigenvalue weighted by Crippen LogP contribution is 2.25. The van der Waals surface area contributed by atoms with Gasteiger partial charge in [-0.25, -0.2) is 0 Å². The van der Waals surface area contributed by atoms with E-state index in [0.29, 0.717) is 5.11 Å². The van der Waals surface area contributed by atoms with Crippen LogP contribution >= 0.6 is 12.2 Å². The molecule has 1 aliphatic rings. The summed E-state index contributed by atoms with van der Waals surface area (Å²) in [5, 5.41) is 7.24. The van der Waals surface area contributed by atoms with Gasteiger partial charge in [-0.1, -0.05) is 25.1 Å². The van der Waals surface area contributed by atoms with Gasteiger partial charge in [0.05, 0.1) is 12.1 Å². The Hall–Kier alpha value is -2.27. The van der Waals surface area contributed by atoms with Gasteiger partial charge in [-0.15, -0.1) is 0 Å². The predicted octanol–water partition coefficient (Wildman–Crippen LogP) is 5.76. The SMILES string of the molecule is CC1CCN(c2ccc([C@H](C)NC(=S)Nc3cccc(OC(C)C)c3)cc2)CC1. The van der Waals surface area contributed by atoms with Crippen molar-refractivity contribution in [2.24, 2.45) is 5.92 Å². The fraction of sp³-hybridized carbons (Fsp3) is 0.458. The average Bonchev–Trinajstić information content (AvgIpc) is 2.68. The normalized spacial score (nSPS) is 15.8. The Morgan fingerprint density at radius 1 is 1.07 bits per heavy atom. The van der Waals surface area contributed by atoms with Crippen LogP contribution in [-0.2, 0) is 0 Å². The minimum atomic E-state index is 0.125. The average molecular weight is 412 g/mol. The largest absolute Gasteiger partial charge is 0.491 e. The van der Waals surface area contributed by atoms with E-state index >= 15 is 0 Å². The number of nitrogens with one attached hydrogen (secondary N) is 2. The molecule has 0 amide bonds. The van der Waals surface area contributed by atoms with Crippen LogP contribution in [0, 0.1) is 5.92 Å². The lowest BCUT2D eigenvalue weighted by molar-refractivity contribution is 0.242. The number of anilines is 2. The molecular formula is C24H33N3OS. The van der Waals surface area contributed by atoms with Crippen molar-refractivity contribution in [2.75, 3.05) is 23.3 Å². The van der Waals surface area contributed by atoms with E-state index < -0.39 is 0 Å². The minimum absolute atomic E-state index is 0.125. The number of hydrogen-bond donors (Lipinski definition) is 2. The molecule has 1 fully saturated rings. The molecule has 0 unspecified atom stereocenters. The third-order valence-electron chi connectivity index (χ3n) is 5.35. The summed E-state index contributed by atoms with van der Waals surface area (Å²) >= 11 is 5.51. The fourth-order valence-electron chi connectivity index (χ4n) is 3.61. The first-order chi connectivity index (χ1) is 13.9. The number of hydrogen-bond acceptors (Lipinski definition) is 3. The monoisotopic (exact) mass is 411 g/mol. The molecule has 29 heavy (non-hydrogen) atoms. The van der Waals surface area contributed by atoms with Crippen molar-refractivity contribution < 1.29 is 4.74 Å². The first-order valence-electron chi connectivity index (χ1n) is 10.6. The van der Waals surface area contributed by atoms with Gasteiger partial charge in [-0.3, -0.25) is 0 Å². The molecule has 3 rings (SSSR count). The standard InChI is InChI=1S/C24H33N3OS/c1-17(2)28-23-7-5-6-21(16-23)26-24(29)25-19(4)20-8-10-22(11-9-20)27-14-12-18(3)13-15-27/h5-11,16-19H,12-15H2,1-4H3,(H2,25,26,29)/t19-/m0/s1. The Morgan fingerprint density at radius 3 is 2.41 bits per heavy atom. The van der Waals surface area contributed by atoms with Crippen LogP contribution in [0.15, 0.2) is 48.5 Å². The smallest absolute Gasteiger partial charge is 0.171 e. The molecule has 156 valence electrons. The quantitative estimate of drug-likeness (QED) is 0.591. The number of ether oxygens (including phenoxy) is 1. The Labute approximate surface area is 180 Å². The van der Waals surface area contributed by atoms with E-state index in [1.165, 1.54) is 24.1 Å². The zero-order valence-corrected chi connectivity index (χ0v) is 18.8. The van der Waals surface area contributed by atoms with Crippen molar-refractivity contribution in [3.63, 3.8) is 0 Å². The maximum Gasteiger partial charge on any atom is 0.171 e. The molecule has 0 bridgehead atoms. The van der Waals surface area contributed by atoms with Crippen LogP contribution in [0.25, 0.3) is 0 Å². The van der Waals surface area contributed by atoms with Crippen LogP contribution in [0.5, 0.6) is 5.75 Å². The molecule has 1 aliphatic heterocycles. The molecule has 4 nitrogen and oxygen atoms in total. The summed E-state index contributed by atoms with van der Waals surface area (Å²) in [6.07, 6.45) is 2.71. The van der Waals surface area contributed by atoms with Crippen molar-refractivity contribution in [3.8, 4) is 5.75 Å². The molecule has 1 atom stereocenters. The highest BCUT2D eigenvalue weighted by atomic mass is 32.1. The fourth-order valence-corrected chi connectivity index (χ4v) is 3.90. The second kappa shape index (κ2) is 9.97. The van der Waals surface area contributed by atoms with E-state index in [-0.39, 0.29) is 12.1 Å². The highest BCUT2D eigenvalue weighted by Gasteiger charge is 2.16. The van der Waals surface area contributed by atoms with Crippen molar-refractivity contribution >= 4 is 28.7 Å². The predicted molar refractivity (Wildman–Crippen MR) is 127 cm³/mol. The first kappa shape index (κ1) is 21.4. The van der Waals surface area contributed by atoms with Crippen LogP contribution in [0.2, 0.25) is 0 Å². The van der Waals surface area contributed by atoms with Gasteiger partial charge in [-0.2, -0.15) is 0 Å². The zero-order valence-electron chi connectivity index (χ0n) is 17.9. The number of nitrogens with zero attached hydrogens (tertiary/aromatic N) is 1. The lowest BCUT2D eigenvalue weighted by Gasteiger charge is -2.32. The van der Waals surface area contributed by atoms with Gasteiger partial charge in [0.25, 0.3) is 0 Å². The summed E-state index contributed by atoms with van der Waals surface area (Å²) in [7, 11) is 0. The second-order valence-corrected chi connectivity index (χ2v) is 8.68. The molecule has 5 heteroatoms. The van der Waals surface area contributed by atoms with Gasteiger partial charge >= 0.3 is 0 Å². The van der Waals surface area contributed by atoms with E-state index in [0.717, 1.165) is 30.4 Å². The van der Waals surface area contributed by atoms with Gasteiger partial charge < -0.3 is 20.3 Å². The second-order valence-electron chi connectivity index (χ2n) is 8.28. The van der Waals surface area contributed by atoms with Crippen LogP contribution in [0.3, 0.4) is 0 Å². The minimum Gasteiger partial charge on any atom is -0.491 e. The first-order valence-corrected chi connectivity index (χ1v) is 11.0. The van der Waals surface area contributed by atoms with Crippen LogP contribution in [0.1, 0.15) is 52.1 Å². The summed E-state index contributed by atoms with van der Waals surface area (Å²) in [5.74, 6) is 1.68. The zero-order chi connectivity index (χ0) is 20.8. The molecular weight excluding hydrogens is 378 g/mol. The Kier molecular flexibility index (Phi) is 7.37. The van der Waals surface area contributed by atoms with Gasteiger partial charge in [0.1, 0.15) is 5.75 Å². The van der Waals surface area contributed by atoms with Crippen molar-refractivity contribution in [2.45, 2.75) is 52.7 Å². The van der Waals surface area contributed by atoms with Gasteiger partial charge in [0.15, 0.2) is 5.11 Å². The van der Waals surface area contributed by atoms with Crippen molar-refractivity contribution in [1.82, 2.24) is 5.32 Å². The van der Waals surface area contributed by atoms with Crippen molar-refractivity contribution in [1.29, 1.82) is 0 Å². The molecule has 2 aromatic rings. The van der Waals surface area contributed by atoms with Gasteiger partial charge in [0, 0.05) is 30.5 Å². The number of benzene rings is 2. The Bertz CT molecular complexity index is 798. The lowest BCUT2D eigenvalue weighted by Crippen LogP contribution is -2.33. The molecule has 0 aliphatic carbocycles. The highest BCUT2D eigenvalue weighted by molar-refractivity contribution is 7.80. The Balaban J connectivity index is 1.54. The maximum absolute atomic E-state index is 5.75. The molecule has 1 heterocycles. The van der Waals surface area contributed by atoms with Crippen LogP contribution in [0.4, 0.5) is 11.4 Å². The molecule has 0 saturated carbocycles. The van der Waals surface area contributed by atoms with Crippen molar-refractivity contribution in [3.05, 3.63) is 54.1 Å². The molecule has 2 aromatic carbocycles. The summed E-state index contributed by atoms with van der Waals surface area (Å²) in [5.41, 5.74) is 3.46. The molecule has 0 radical (unpaired) electrons. The van der Waals surface area contributed by atoms with Crippen LogP contribution < -0.4 is 20.3 Å². The van der Waals surface area contributed by atoms with E-state index in [9.17, 15) is 0 Å².